The van der Waals surface area contributed by atoms with Gasteiger partial charge < -0.3 is 10.3 Å². The molecule has 14 heavy (non-hydrogen) atoms. The SMILES string of the molecule is Cc1nnc(-c2cnn(C)c2N)n1C. The Morgan fingerprint density at radius 1 is 1.29 bits per heavy atom. The Bertz CT molecular complexity index is 422. The summed E-state index contributed by atoms with van der Waals surface area (Å²) in [4.78, 5) is 0. The molecule has 6 heteroatoms. The average molecular weight is 192 g/mol. The number of nitrogens with two attached hydrogens (primary N) is 1. The van der Waals surface area contributed by atoms with Crippen molar-refractivity contribution in [2.45, 2.75) is 6.92 Å². The first-order valence-corrected chi connectivity index (χ1v) is 4.25. The van der Waals surface area contributed by atoms with Gasteiger partial charge in [0.05, 0.1) is 11.8 Å². The Kier molecular flexibility index (Phi) is 1.77. The molecule has 2 aromatic rings. The van der Waals surface area contributed by atoms with Gasteiger partial charge in [-0.3, -0.25) is 4.68 Å². The molecule has 0 aromatic carbocycles. The van der Waals surface area contributed by atoms with E-state index in [-0.39, 0.29) is 0 Å². The molecule has 2 heterocycles. The molecule has 2 aromatic heterocycles. The number of hydrogen-bond donors (Lipinski definition) is 1. The Morgan fingerprint density at radius 3 is 2.43 bits per heavy atom. The van der Waals surface area contributed by atoms with Gasteiger partial charge in [-0.15, -0.1) is 10.2 Å². The summed E-state index contributed by atoms with van der Waals surface area (Å²) in [6.07, 6.45) is 1.69. The molecular formula is C8H12N6. The van der Waals surface area contributed by atoms with Crippen molar-refractivity contribution in [3.8, 4) is 11.4 Å². The van der Waals surface area contributed by atoms with E-state index in [1.807, 2.05) is 18.5 Å². The van der Waals surface area contributed by atoms with Crippen LogP contribution in [0.2, 0.25) is 0 Å². The Labute approximate surface area is 81.4 Å². The molecule has 0 radical (unpaired) electrons. The second-order valence-electron chi connectivity index (χ2n) is 3.20. The van der Waals surface area contributed by atoms with Crippen LogP contribution in [-0.2, 0) is 14.1 Å². The summed E-state index contributed by atoms with van der Waals surface area (Å²) in [6.45, 7) is 1.89. The van der Waals surface area contributed by atoms with Crippen molar-refractivity contribution in [2.24, 2.45) is 14.1 Å². The maximum Gasteiger partial charge on any atom is 0.169 e. The van der Waals surface area contributed by atoms with E-state index in [1.54, 1.807) is 17.9 Å². The predicted molar refractivity (Wildman–Crippen MR) is 52.4 cm³/mol. The first-order chi connectivity index (χ1) is 6.61. The van der Waals surface area contributed by atoms with Crippen LogP contribution in [0.15, 0.2) is 6.20 Å². The molecule has 74 valence electrons. The van der Waals surface area contributed by atoms with Crippen LogP contribution in [-0.4, -0.2) is 24.5 Å². The first-order valence-electron chi connectivity index (χ1n) is 4.25. The number of aryl methyl sites for hydroxylation is 2. The molecule has 0 aliphatic heterocycles. The third-order valence-electron chi connectivity index (χ3n) is 2.32. The number of aromatic nitrogens is 5. The molecule has 0 saturated heterocycles. The normalized spacial score (nSPS) is 10.8. The van der Waals surface area contributed by atoms with Crippen molar-refractivity contribution in [3.63, 3.8) is 0 Å². The minimum absolute atomic E-state index is 0.598. The molecule has 0 spiro atoms. The van der Waals surface area contributed by atoms with Gasteiger partial charge in [-0.25, -0.2) is 0 Å². The molecule has 6 nitrogen and oxygen atoms in total. The van der Waals surface area contributed by atoms with E-state index >= 15 is 0 Å². The standard InChI is InChI=1S/C8H12N6/c1-5-11-12-8(13(5)2)6-4-10-14(3)7(6)9/h4H,9H2,1-3H3. The molecule has 2 N–H and O–H groups in total. The van der Waals surface area contributed by atoms with Crippen LogP contribution in [0.1, 0.15) is 5.82 Å². The van der Waals surface area contributed by atoms with Crippen molar-refractivity contribution in [1.29, 1.82) is 0 Å². The Morgan fingerprint density at radius 2 is 2.00 bits per heavy atom. The van der Waals surface area contributed by atoms with Crippen molar-refractivity contribution in [1.82, 2.24) is 24.5 Å². The number of nitrogen functional groups attached to an aromatic ring is 1. The van der Waals surface area contributed by atoms with Crippen molar-refractivity contribution in [2.75, 3.05) is 5.73 Å². The van der Waals surface area contributed by atoms with Gasteiger partial charge in [0, 0.05) is 14.1 Å². The molecule has 0 fully saturated rings. The lowest BCUT2D eigenvalue weighted by atomic mass is 10.3. The van der Waals surface area contributed by atoms with Crippen molar-refractivity contribution >= 4 is 5.82 Å². The van der Waals surface area contributed by atoms with Gasteiger partial charge in [-0.1, -0.05) is 0 Å². The smallest absolute Gasteiger partial charge is 0.169 e. The van der Waals surface area contributed by atoms with E-state index in [1.165, 1.54) is 0 Å². The van der Waals surface area contributed by atoms with Crippen LogP contribution in [0.4, 0.5) is 5.82 Å². The van der Waals surface area contributed by atoms with Gasteiger partial charge in [0.15, 0.2) is 5.82 Å². The zero-order chi connectivity index (χ0) is 10.3. The summed E-state index contributed by atoms with van der Waals surface area (Å²) in [5, 5.41) is 12.1. The molecule has 0 saturated carbocycles. The van der Waals surface area contributed by atoms with E-state index in [0.29, 0.717) is 5.82 Å². The van der Waals surface area contributed by atoms with Crippen LogP contribution < -0.4 is 5.73 Å². The highest BCUT2D eigenvalue weighted by Gasteiger charge is 2.13. The molecule has 2 rings (SSSR count). The monoisotopic (exact) mass is 192 g/mol. The molecule has 0 amide bonds. The quantitative estimate of drug-likeness (QED) is 0.695. The van der Waals surface area contributed by atoms with Crippen molar-refractivity contribution in [3.05, 3.63) is 12.0 Å². The molecular weight excluding hydrogens is 180 g/mol. The molecule has 0 aliphatic carbocycles. The highest BCUT2D eigenvalue weighted by Crippen LogP contribution is 2.22. The van der Waals surface area contributed by atoms with Crippen LogP contribution in [0.3, 0.4) is 0 Å². The Hall–Kier alpha value is -1.85. The van der Waals surface area contributed by atoms with Crippen LogP contribution in [0.25, 0.3) is 11.4 Å². The minimum atomic E-state index is 0.598. The minimum Gasteiger partial charge on any atom is -0.383 e. The van der Waals surface area contributed by atoms with E-state index in [4.69, 9.17) is 5.73 Å². The fourth-order valence-electron chi connectivity index (χ4n) is 1.26. The maximum atomic E-state index is 5.83. The predicted octanol–water partition coefficient (Wildman–Crippen LogP) is 0.106. The lowest BCUT2D eigenvalue weighted by molar-refractivity contribution is 0.779. The Balaban J connectivity index is 2.60. The summed E-state index contributed by atoms with van der Waals surface area (Å²) in [7, 11) is 3.69. The fourth-order valence-corrected chi connectivity index (χ4v) is 1.26. The second kappa shape index (κ2) is 2.83. The van der Waals surface area contributed by atoms with E-state index in [2.05, 4.69) is 15.3 Å². The van der Waals surface area contributed by atoms with E-state index in [9.17, 15) is 0 Å². The summed E-state index contributed by atoms with van der Waals surface area (Å²) >= 11 is 0. The largest absolute Gasteiger partial charge is 0.383 e. The molecule has 0 aliphatic rings. The topological polar surface area (TPSA) is 74.6 Å². The number of nitrogens with zero attached hydrogens (tertiary/aromatic N) is 5. The summed E-state index contributed by atoms with van der Waals surface area (Å²) in [6, 6.07) is 0. The third kappa shape index (κ3) is 1.07. The van der Waals surface area contributed by atoms with Crippen LogP contribution >= 0.6 is 0 Å². The first kappa shape index (κ1) is 8.74. The second-order valence-corrected chi connectivity index (χ2v) is 3.20. The molecule has 0 unspecified atom stereocenters. The summed E-state index contributed by atoms with van der Waals surface area (Å²) in [5.41, 5.74) is 6.65. The van der Waals surface area contributed by atoms with Gasteiger partial charge in [0.25, 0.3) is 0 Å². The highest BCUT2D eigenvalue weighted by atomic mass is 15.3. The lowest BCUT2D eigenvalue weighted by Crippen LogP contribution is -2.00. The van der Waals surface area contributed by atoms with Crippen molar-refractivity contribution < 1.29 is 0 Å². The molecule has 0 bridgehead atoms. The third-order valence-corrected chi connectivity index (χ3v) is 2.32. The zero-order valence-electron chi connectivity index (χ0n) is 8.39. The van der Waals surface area contributed by atoms with Crippen LogP contribution in [0, 0.1) is 6.92 Å². The average Bonchev–Trinajstić information content (AvgIpc) is 2.63. The lowest BCUT2D eigenvalue weighted by Gasteiger charge is -2.00. The summed E-state index contributed by atoms with van der Waals surface area (Å²) < 4.78 is 3.49. The van der Waals surface area contributed by atoms with Gasteiger partial charge in [0.1, 0.15) is 11.6 Å². The van der Waals surface area contributed by atoms with Gasteiger partial charge in [-0.05, 0) is 6.92 Å². The van der Waals surface area contributed by atoms with Crippen LogP contribution in [0.5, 0.6) is 0 Å². The molecule has 0 atom stereocenters. The summed E-state index contributed by atoms with van der Waals surface area (Å²) in [5.74, 6) is 2.19. The highest BCUT2D eigenvalue weighted by molar-refractivity contribution is 5.67. The van der Waals surface area contributed by atoms with Gasteiger partial charge in [0.2, 0.25) is 0 Å². The van der Waals surface area contributed by atoms with Gasteiger partial charge in [-0.2, -0.15) is 5.10 Å². The number of rotatable bonds is 1. The fraction of sp³-hybridized carbons (Fsp3) is 0.375. The maximum absolute atomic E-state index is 5.83. The van der Waals surface area contributed by atoms with E-state index < -0.39 is 0 Å². The number of hydrogen-bond acceptors (Lipinski definition) is 4. The zero-order valence-corrected chi connectivity index (χ0v) is 8.39. The van der Waals surface area contributed by atoms with Gasteiger partial charge >= 0.3 is 0 Å². The number of anilines is 1. The van der Waals surface area contributed by atoms with E-state index in [0.717, 1.165) is 17.2 Å².